The highest BCUT2D eigenvalue weighted by atomic mass is 16.5. The number of carbonyl (C=O) groups excluding carboxylic acids is 1. The zero-order valence-electron chi connectivity index (χ0n) is 12.1. The summed E-state index contributed by atoms with van der Waals surface area (Å²) in [7, 11) is 1.61. The van der Waals surface area contributed by atoms with E-state index < -0.39 is 5.91 Å². The number of hydrogen-bond acceptors (Lipinski definition) is 4. The summed E-state index contributed by atoms with van der Waals surface area (Å²) in [5.74, 6) is 0.244. The molecular formula is C17H15N3O2. The molecule has 1 aliphatic rings. The fourth-order valence-corrected chi connectivity index (χ4v) is 2.44. The average Bonchev–Trinajstić information content (AvgIpc) is 3.01. The molecule has 5 heteroatoms. The zero-order chi connectivity index (χ0) is 15.5. The molecule has 0 fully saturated rings. The molecular weight excluding hydrogens is 278 g/mol. The number of carbonyl (C=O) groups is 1. The van der Waals surface area contributed by atoms with Gasteiger partial charge in [0.1, 0.15) is 11.4 Å². The van der Waals surface area contributed by atoms with Crippen LogP contribution in [-0.4, -0.2) is 23.7 Å². The molecule has 0 atom stereocenters. The third-order valence-corrected chi connectivity index (χ3v) is 3.56. The van der Waals surface area contributed by atoms with Crippen LogP contribution < -0.4 is 10.5 Å². The first-order valence-corrected chi connectivity index (χ1v) is 6.84. The fourth-order valence-electron chi connectivity index (χ4n) is 2.44. The van der Waals surface area contributed by atoms with Crippen molar-refractivity contribution in [2.24, 2.45) is 10.7 Å². The molecule has 110 valence electrons. The molecule has 1 aliphatic heterocycles. The lowest BCUT2D eigenvalue weighted by Gasteiger charge is -2.06. The van der Waals surface area contributed by atoms with Crippen LogP contribution in [0.3, 0.4) is 0 Å². The van der Waals surface area contributed by atoms with Gasteiger partial charge in [-0.25, -0.2) is 4.99 Å². The number of aliphatic imine (C=N–C) groups is 1. The minimum absolute atomic E-state index is 0.317. The van der Waals surface area contributed by atoms with Crippen molar-refractivity contribution in [2.75, 3.05) is 7.11 Å². The van der Waals surface area contributed by atoms with Gasteiger partial charge in [0.05, 0.1) is 12.8 Å². The molecule has 1 aromatic heterocycles. The molecule has 2 N–H and O–H groups in total. The Hall–Kier alpha value is -2.95. The number of pyridine rings is 1. The van der Waals surface area contributed by atoms with Gasteiger partial charge in [-0.15, -0.1) is 0 Å². The number of ether oxygens (including phenoxy) is 1. The average molecular weight is 293 g/mol. The van der Waals surface area contributed by atoms with Gasteiger partial charge in [-0.05, 0) is 41.0 Å². The van der Waals surface area contributed by atoms with E-state index >= 15 is 0 Å². The summed E-state index contributed by atoms with van der Waals surface area (Å²) in [6, 6.07) is 11.3. The van der Waals surface area contributed by atoms with Gasteiger partial charge in [-0.3, -0.25) is 9.78 Å². The number of methoxy groups -OCH3 is 1. The second-order valence-corrected chi connectivity index (χ2v) is 4.89. The minimum atomic E-state index is -0.519. The molecule has 0 bridgehead atoms. The number of allylic oxidation sites excluding steroid dienone is 1. The van der Waals surface area contributed by atoms with Crippen LogP contribution in [0.25, 0.3) is 5.57 Å². The van der Waals surface area contributed by atoms with Crippen LogP contribution in [0, 0.1) is 0 Å². The van der Waals surface area contributed by atoms with E-state index in [4.69, 9.17) is 10.5 Å². The maximum Gasteiger partial charge on any atom is 0.267 e. The van der Waals surface area contributed by atoms with Crippen molar-refractivity contribution in [2.45, 2.75) is 6.42 Å². The third-order valence-electron chi connectivity index (χ3n) is 3.56. The molecule has 1 amide bonds. The summed E-state index contributed by atoms with van der Waals surface area (Å²) >= 11 is 0. The molecule has 1 aromatic carbocycles. The van der Waals surface area contributed by atoms with E-state index in [9.17, 15) is 4.79 Å². The van der Waals surface area contributed by atoms with Crippen LogP contribution >= 0.6 is 0 Å². The second kappa shape index (κ2) is 5.81. The van der Waals surface area contributed by atoms with Crippen molar-refractivity contribution in [1.82, 2.24) is 4.98 Å². The highest BCUT2D eigenvalue weighted by Crippen LogP contribution is 2.32. The number of primary amides is 1. The molecule has 0 saturated heterocycles. The Morgan fingerprint density at radius 1 is 1.09 bits per heavy atom. The van der Waals surface area contributed by atoms with E-state index in [2.05, 4.69) is 9.98 Å². The van der Waals surface area contributed by atoms with E-state index in [0.29, 0.717) is 12.1 Å². The van der Waals surface area contributed by atoms with E-state index in [1.807, 2.05) is 36.4 Å². The summed E-state index contributed by atoms with van der Waals surface area (Å²) in [5.41, 5.74) is 9.31. The molecule has 2 heterocycles. The third kappa shape index (κ3) is 2.61. The van der Waals surface area contributed by atoms with E-state index in [1.165, 1.54) is 0 Å². The van der Waals surface area contributed by atoms with Gasteiger partial charge in [-0.2, -0.15) is 0 Å². The quantitative estimate of drug-likeness (QED) is 0.938. The van der Waals surface area contributed by atoms with Crippen LogP contribution in [0.15, 0.2) is 59.5 Å². The first-order valence-electron chi connectivity index (χ1n) is 6.84. The van der Waals surface area contributed by atoms with Gasteiger partial charge < -0.3 is 10.5 Å². The second-order valence-electron chi connectivity index (χ2n) is 4.89. The standard InChI is InChI=1S/C17H15N3O2/c1-22-13-4-2-11(3-5-13)14-10-15(20-16(14)17(18)21)12-6-8-19-9-7-12/h2-9H,10H2,1H3,(H2,18,21). The van der Waals surface area contributed by atoms with Gasteiger partial charge in [0.2, 0.25) is 0 Å². The number of nitrogens with two attached hydrogens (primary N) is 1. The van der Waals surface area contributed by atoms with Crippen molar-refractivity contribution in [3.05, 3.63) is 65.6 Å². The van der Waals surface area contributed by atoms with E-state index in [-0.39, 0.29) is 0 Å². The highest BCUT2D eigenvalue weighted by molar-refractivity contribution is 6.16. The topological polar surface area (TPSA) is 77.6 Å². The molecule has 5 nitrogen and oxygen atoms in total. The maximum atomic E-state index is 11.7. The Kier molecular flexibility index (Phi) is 3.70. The number of benzene rings is 1. The fraction of sp³-hybridized carbons (Fsp3) is 0.118. The highest BCUT2D eigenvalue weighted by Gasteiger charge is 2.23. The SMILES string of the molecule is COc1ccc(C2=C(C(N)=O)N=C(c3ccncc3)C2)cc1. The van der Waals surface area contributed by atoms with Crippen molar-refractivity contribution in [3.8, 4) is 5.75 Å². The molecule has 0 unspecified atom stereocenters. The van der Waals surface area contributed by atoms with Gasteiger partial charge in [0.25, 0.3) is 5.91 Å². The molecule has 0 spiro atoms. The lowest BCUT2D eigenvalue weighted by atomic mass is 9.98. The van der Waals surface area contributed by atoms with Crippen LogP contribution in [-0.2, 0) is 4.79 Å². The molecule has 3 rings (SSSR count). The Balaban J connectivity index is 1.97. The summed E-state index contributed by atoms with van der Waals surface area (Å²) in [6.45, 7) is 0. The maximum absolute atomic E-state index is 11.7. The van der Waals surface area contributed by atoms with Crippen molar-refractivity contribution in [1.29, 1.82) is 0 Å². The number of rotatable bonds is 4. The predicted octanol–water partition coefficient (Wildman–Crippen LogP) is 2.18. The largest absolute Gasteiger partial charge is 0.497 e. The molecule has 2 aromatic rings. The van der Waals surface area contributed by atoms with Crippen LogP contribution in [0.4, 0.5) is 0 Å². The number of aromatic nitrogens is 1. The number of hydrogen-bond donors (Lipinski definition) is 1. The minimum Gasteiger partial charge on any atom is -0.497 e. The summed E-state index contributed by atoms with van der Waals surface area (Å²) < 4.78 is 5.15. The van der Waals surface area contributed by atoms with Crippen LogP contribution in [0.1, 0.15) is 17.5 Å². The van der Waals surface area contributed by atoms with Gasteiger partial charge >= 0.3 is 0 Å². The molecule has 22 heavy (non-hydrogen) atoms. The van der Waals surface area contributed by atoms with Crippen molar-refractivity contribution < 1.29 is 9.53 Å². The van der Waals surface area contributed by atoms with Gasteiger partial charge in [-0.1, -0.05) is 12.1 Å². The molecule has 0 radical (unpaired) electrons. The van der Waals surface area contributed by atoms with Crippen molar-refractivity contribution >= 4 is 17.2 Å². The summed E-state index contributed by atoms with van der Waals surface area (Å²) in [5, 5.41) is 0. The van der Waals surface area contributed by atoms with Gasteiger partial charge in [0.15, 0.2) is 0 Å². The number of nitrogens with zero attached hydrogens (tertiary/aromatic N) is 2. The van der Waals surface area contributed by atoms with E-state index in [0.717, 1.165) is 28.2 Å². The lowest BCUT2D eigenvalue weighted by molar-refractivity contribution is -0.114. The zero-order valence-corrected chi connectivity index (χ0v) is 12.1. The summed E-state index contributed by atoms with van der Waals surface area (Å²) in [4.78, 5) is 20.1. The lowest BCUT2D eigenvalue weighted by Crippen LogP contribution is -2.12. The van der Waals surface area contributed by atoms with Crippen LogP contribution in [0.2, 0.25) is 0 Å². The van der Waals surface area contributed by atoms with Gasteiger partial charge in [0, 0.05) is 18.8 Å². The Bertz CT molecular complexity index is 762. The molecule has 0 aliphatic carbocycles. The Labute approximate surface area is 128 Å². The monoisotopic (exact) mass is 293 g/mol. The smallest absolute Gasteiger partial charge is 0.267 e. The summed E-state index contributed by atoms with van der Waals surface area (Å²) in [6.07, 6.45) is 3.97. The van der Waals surface area contributed by atoms with E-state index in [1.54, 1.807) is 19.5 Å². The first kappa shape index (κ1) is 14.0. The normalized spacial score (nSPS) is 14.0. The predicted molar refractivity (Wildman–Crippen MR) is 84.5 cm³/mol. The molecule has 0 saturated carbocycles. The first-order chi connectivity index (χ1) is 10.7. The van der Waals surface area contributed by atoms with Crippen molar-refractivity contribution in [3.63, 3.8) is 0 Å². The van der Waals surface area contributed by atoms with Crippen LogP contribution in [0.5, 0.6) is 5.75 Å². The number of amides is 1. The Morgan fingerprint density at radius 2 is 1.77 bits per heavy atom. The Morgan fingerprint density at radius 3 is 2.36 bits per heavy atom.